The molecule has 18 heavy (non-hydrogen) atoms. The Labute approximate surface area is 112 Å². The minimum Gasteiger partial charge on any atom is -0.206 e. The van der Waals surface area contributed by atoms with E-state index < -0.39 is 0 Å². The highest BCUT2D eigenvalue weighted by Gasteiger charge is 2.10. The van der Waals surface area contributed by atoms with Crippen LogP contribution in [0.4, 0.5) is 4.39 Å². The number of benzene rings is 2. The first-order valence-corrected chi connectivity index (χ1v) is 6.61. The third-order valence-electron chi connectivity index (χ3n) is 3.22. The smallest absolute Gasteiger partial charge is 0.132 e. The van der Waals surface area contributed by atoms with Gasteiger partial charge in [0.05, 0.1) is 5.02 Å². The second-order valence-corrected chi connectivity index (χ2v) is 4.69. The Morgan fingerprint density at radius 3 is 2.33 bits per heavy atom. The van der Waals surface area contributed by atoms with Crippen LogP contribution in [-0.2, 0) is 12.8 Å². The molecule has 2 heteroatoms. The first-order valence-electron chi connectivity index (χ1n) is 6.23. The largest absolute Gasteiger partial charge is 0.206 e. The van der Waals surface area contributed by atoms with Crippen molar-refractivity contribution in [2.45, 2.75) is 26.7 Å². The number of aryl methyl sites for hydroxylation is 2. The van der Waals surface area contributed by atoms with Crippen molar-refractivity contribution in [3.05, 3.63) is 58.4 Å². The fourth-order valence-corrected chi connectivity index (χ4v) is 2.50. The molecule has 0 unspecified atom stereocenters. The zero-order valence-corrected chi connectivity index (χ0v) is 11.4. The number of hydrogen-bond donors (Lipinski definition) is 0. The zero-order valence-electron chi connectivity index (χ0n) is 10.6. The van der Waals surface area contributed by atoms with Gasteiger partial charge in [-0.3, -0.25) is 0 Å². The summed E-state index contributed by atoms with van der Waals surface area (Å²) in [5.41, 5.74) is 3.92. The molecule has 0 radical (unpaired) electrons. The minimum atomic E-state index is -0.270. The molecule has 0 amide bonds. The molecule has 0 fully saturated rings. The molecule has 0 nitrogen and oxygen atoms in total. The van der Waals surface area contributed by atoms with Crippen LogP contribution in [0.15, 0.2) is 36.4 Å². The predicted molar refractivity (Wildman–Crippen MR) is 75.6 cm³/mol. The lowest BCUT2D eigenvalue weighted by molar-refractivity contribution is 0.631. The Hall–Kier alpha value is -1.34. The monoisotopic (exact) mass is 262 g/mol. The second kappa shape index (κ2) is 5.53. The standard InChI is InChI=1S/C16H16ClF/c1-3-11-8-9-13(10-12(11)4-2)16-14(17)6-5-7-15(16)18/h5-10H,3-4H2,1-2H3. The normalized spacial score (nSPS) is 10.7. The first kappa shape index (κ1) is 13.1. The van der Waals surface area contributed by atoms with Crippen molar-refractivity contribution in [2.24, 2.45) is 0 Å². The van der Waals surface area contributed by atoms with Crippen LogP contribution in [-0.4, -0.2) is 0 Å². The van der Waals surface area contributed by atoms with Crippen LogP contribution >= 0.6 is 11.6 Å². The summed E-state index contributed by atoms with van der Waals surface area (Å²) in [5, 5.41) is 0.460. The van der Waals surface area contributed by atoms with E-state index in [2.05, 4.69) is 19.9 Å². The van der Waals surface area contributed by atoms with Crippen LogP contribution < -0.4 is 0 Å². The molecule has 0 atom stereocenters. The Bertz CT molecular complexity index is 541. The van der Waals surface area contributed by atoms with E-state index in [-0.39, 0.29) is 5.82 Å². The Kier molecular flexibility index (Phi) is 4.03. The molecule has 0 bridgehead atoms. The van der Waals surface area contributed by atoms with Gasteiger partial charge in [-0.2, -0.15) is 0 Å². The molecule has 2 aromatic rings. The van der Waals surface area contributed by atoms with E-state index in [1.165, 1.54) is 17.2 Å². The summed E-state index contributed by atoms with van der Waals surface area (Å²) >= 11 is 6.09. The van der Waals surface area contributed by atoms with Crippen LogP contribution in [0.1, 0.15) is 25.0 Å². The lowest BCUT2D eigenvalue weighted by atomic mass is 9.96. The first-order chi connectivity index (χ1) is 8.67. The molecule has 0 saturated heterocycles. The number of hydrogen-bond acceptors (Lipinski definition) is 0. The van der Waals surface area contributed by atoms with Crippen molar-refractivity contribution >= 4 is 11.6 Å². The summed E-state index contributed by atoms with van der Waals surface area (Å²) in [4.78, 5) is 0. The summed E-state index contributed by atoms with van der Waals surface area (Å²) in [7, 11) is 0. The molecular weight excluding hydrogens is 247 g/mol. The van der Waals surface area contributed by atoms with Gasteiger partial charge in [-0.15, -0.1) is 0 Å². The van der Waals surface area contributed by atoms with Gasteiger partial charge in [0.25, 0.3) is 0 Å². The topological polar surface area (TPSA) is 0 Å². The van der Waals surface area contributed by atoms with E-state index in [1.807, 2.05) is 12.1 Å². The Balaban J connectivity index is 2.58. The van der Waals surface area contributed by atoms with Crippen LogP contribution in [0.2, 0.25) is 5.02 Å². The van der Waals surface area contributed by atoms with Crippen molar-refractivity contribution in [3.8, 4) is 11.1 Å². The van der Waals surface area contributed by atoms with Crippen LogP contribution in [0.3, 0.4) is 0 Å². The van der Waals surface area contributed by atoms with E-state index in [0.717, 1.165) is 18.4 Å². The molecule has 0 N–H and O–H groups in total. The van der Waals surface area contributed by atoms with E-state index >= 15 is 0 Å². The molecule has 94 valence electrons. The fourth-order valence-electron chi connectivity index (χ4n) is 2.23. The Morgan fingerprint density at radius 2 is 1.72 bits per heavy atom. The van der Waals surface area contributed by atoms with Crippen molar-refractivity contribution in [1.82, 2.24) is 0 Å². The lowest BCUT2D eigenvalue weighted by Gasteiger charge is -2.11. The van der Waals surface area contributed by atoms with Gasteiger partial charge in [0.1, 0.15) is 5.82 Å². The second-order valence-electron chi connectivity index (χ2n) is 4.29. The zero-order chi connectivity index (χ0) is 13.1. The molecule has 0 aliphatic heterocycles. The van der Waals surface area contributed by atoms with Crippen molar-refractivity contribution in [2.75, 3.05) is 0 Å². The predicted octanol–water partition coefficient (Wildman–Crippen LogP) is 5.27. The maximum absolute atomic E-state index is 13.9. The molecule has 0 aromatic heterocycles. The van der Waals surface area contributed by atoms with E-state index in [4.69, 9.17) is 11.6 Å². The fraction of sp³-hybridized carbons (Fsp3) is 0.250. The van der Waals surface area contributed by atoms with Gasteiger partial charge >= 0.3 is 0 Å². The third-order valence-corrected chi connectivity index (χ3v) is 3.53. The molecule has 0 spiro atoms. The molecule has 2 rings (SSSR count). The maximum atomic E-state index is 13.9. The molecule has 0 aliphatic rings. The average Bonchev–Trinajstić information content (AvgIpc) is 2.38. The van der Waals surface area contributed by atoms with Crippen molar-refractivity contribution < 1.29 is 4.39 Å². The molecule has 0 heterocycles. The van der Waals surface area contributed by atoms with Gasteiger partial charge in [0.2, 0.25) is 0 Å². The summed E-state index contributed by atoms with van der Waals surface area (Å²) in [6.45, 7) is 4.24. The molecular formula is C16H16ClF. The SMILES string of the molecule is CCc1ccc(-c2c(F)cccc2Cl)cc1CC. The van der Waals surface area contributed by atoms with Crippen LogP contribution in [0.5, 0.6) is 0 Å². The van der Waals surface area contributed by atoms with E-state index in [0.29, 0.717) is 10.6 Å². The summed E-state index contributed by atoms with van der Waals surface area (Å²) in [5.74, 6) is -0.270. The quantitative estimate of drug-likeness (QED) is 0.707. The van der Waals surface area contributed by atoms with Crippen molar-refractivity contribution in [1.29, 1.82) is 0 Å². The molecule has 0 aliphatic carbocycles. The van der Waals surface area contributed by atoms with Crippen LogP contribution in [0.25, 0.3) is 11.1 Å². The van der Waals surface area contributed by atoms with Crippen LogP contribution in [0, 0.1) is 5.82 Å². The van der Waals surface area contributed by atoms with Gasteiger partial charge in [-0.1, -0.05) is 49.7 Å². The van der Waals surface area contributed by atoms with Gasteiger partial charge in [0.15, 0.2) is 0 Å². The third kappa shape index (κ3) is 2.41. The molecule has 0 saturated carbocycles. The Morgan fingerprint density at radius 1 is 1.00 bits per heavy atom. The molecule has 2 aromatic carbocycles. The summed E-state index contributed by atoms with van der Waals surface area (Å²) in [6.07, 6.45) is 1.94. The highest BCUT2D eigenvalue weighted by Crippen LogP contribution is 2.31. The van der Waals surface area contributed by atoms with Gasteiger partial charge in [-0.05, 0) is 41.7 Å². The van der Waals surface area contributed by atoms with Gasteiger partial charge < -0.3 is 0 Å². The lowest BCUT2D eigenvalue weighted by Crippen LogP contribution is -1.93. The van der Waals surface area contributed by atoms with E-state index in [1.54, 1.807) is 12.1 Å². The van der Waals surface area contributed by atoms with Gasteiger partial charge in [-0.25, -0.2) is 4.39 Å². The van der Waals surface area contributed by atoms with Crippen molar-refractivity contribution in [3.63, 3.8) is 0 Å². The maximum Gasteiger partial charge on any atom is 0.132 e. The summed E-state index contributed by atoms with van der Waals surface area (Å²) < 4.78 is 13.9. The minimum absolute atomic E-state index is 0.270. The summed E-state index contributed by atoms with van der Waals surface area (Å²) in [6, 6.07) is 10.9. The number of halogens is 2. The highest BCUT2D eigenvalue weighted by molar-refractivity contribution is 6.33. The average molecular weight is 263 g/mol. The van der Waals surface area contributed by atoms with Gasteiger partial charge in [0, 0.05) is 5.56 Å². The highest BCUT2D eigenvalue weighted by atomic mass is 35.5. The number of rotatable bonds is 3. The van der Waals surface area contributed by atoms with E-state index in [9.17, 15) is 4.39 Å².